The molecule has 8 heteroatoms. The van der Waals surface area contributed by atoms with Gasteiger partial charge in [0.05, 0.1) is 0 Å². The van der Waals surface area contributed by atoms with E-state index in [1.807, 2.05) is 0 Å². The van der Waals surface area contributed by atoms with E-state index in [1.54, 1.807) is 47.3 Å². The molecule has 110 valence electrons. The molecule has 0 aliphatic rings. The quantitative estimate of drug-likeness (QED) is 0.543. The van der Waals surface area contributed by atoms with Crippen LogP contribution in [-0.2, 0) is 22.1 Å². The minimum absolute atomic E-state index is 0.721. The van der Waals surface area contributed by atoms with Gasteiger partial charge in [-0.2, -0.15) is 11.8 Å². The van der Waals surface area contributed by atoms with Crippen molar-refractivity contribution in [1.29, 1.82) is 0 Å². The molecular weight excluding hydrogens is 288 g/mol. The lowest BCUT2D eigenvalue weighted by Crippen LogP contribution is -2.47. The van der Waals surface area contributed by atoms with Gasteiger partial charge in [-0.15, -0.1) is 0 Å². The molecule has 18 heavy (non-hydrogen) atoms. The Hall–Kier alpha value is 0.584. The highest BCUT2D eigenvalue weighted by molar-refractivity contribution is 7.98. The zero-order valence-electron chi connectivity index (χ0n) is 12.3. The molecule has 0 spiro atoms. The maximum Gasteiger partial charge on any atom is 0.500 e. The van der Waals surface area contributed by atoms with Gasteiger partial charge >= 0.3 is 17.4 Å². The van der Waals surface area contributed by atoms with Crippen LogP contribution in [0.15, 0.2) is 0 Å². The van der Waals surface area contributed by atoms with Gasteiger partial charge in [0, 0.05) is 47.6 Å². The van der Waals surface area contributed by atoms with Crippen molar-refractivity contribution >= 4 is 29.1 Å². The van der Waals surface area contributed by atoms with Gasteiger partial charge in [0.2, 0.25) is 0 Å². The minimum atomic E-state index is -2.53. The maximum atomic E-state index is 5.68. The van der Waals surface area contributed by atoms with Crippen LogP contribution in [0.5, 0.6) is 0 Å². The van der Waals surface area contributed by atoms with E-state index in [2.05, 4.69) is 6.26 Å². The van der Waals surface area contributed by atoms with Crippen molar-refractivity contribution in [2.24, 2.45) is 0 Å². The maximum absolute atomic E-state index is 5.68. The highest BCUT2D eigenvalue weighted by Gasteiger charge is 2.44. The van der Waals surface area contributed by atoms with Gasteiger partial charge in [0.25, 0.3) is 0 Å². The summed E-state index contributed by atoms with van der Waals surface area (Å²) in [6.07, 6.45) is 2.09. The first kappa shape index (κ1) is 18.6. The standard InChI is InChI=1S/C10H26O5SSi2/c1-11-17(12-2,8-7-16-6)9-10-18(13-3,14-4)15-5/h7-10H2,1-6H3. The molecule has 0 N–H and O–H groups in total. The number of hydrogen-bond acceptors (Lipinski definition) is 6. The molecule has 0 saturated heterocycles. The molecule has 0 bridgehead atoms. The Morgan fingerprint density at radius 2 is 1.22 bits per heavy atom. The first-order valence-corrected chi connectivity index (χ1v) is 11.4. The Balaban J connectivity index is 4.58. The second-order valence-electron chi connectivity index (χ2n) is 3.86. The number of thioether (sulfide) groups is 1. The molecule has 0 rings (SSSR count). The van der Waals surface area contributed by atoms with E-state index in [9.17, 15) is 0 Å². The lowest BCUT2D eigenvalue weighted by molar-refractivity contribution is 0.123. The summed E-state index contributed by atoms with van der Waals surface area (Å²) in [5.41, 5.74) is 0. The van der Waals surface area contributed by atoms with Gasteiger partial charge in [-0.05, 0) is 18.1 Å². The van der Waals surface area contributed by atoms with E-state index < -0.39 is 17.4 Å². The molecule has 0 unspecified atom stereocenters. The molecule has 0 amide bonds. The van der Waals surface area contributed by atoms with Gasteiger partial charge < -0.3 is 22.1 Å². The molecular formula is C10H26O5SSi2. The lowest BCUT2D eigenvalue weighted by atomic mass is 10.9. The summed E-state index contributed by atoms with van der Waals surface area (Å²) >= 11 is 1.80. The van der Waals surface area contributed by atoms with E-state index >= 15 is 0 Å². The third-order valence-corrected chi connectivity index (χ3v) is 10.9. The van der Waals surface area contributed by atoms with Gasteiger partial charge in [-0.25, -0.2) is 0 Å². The zero-order chi connectivity index (χ0) is 14.1. The van der Waals surface area contributed by atoms with Crippen molar-refractivity contribution < 1.29 is 22.1 Å². The first-order valence-electron chi connectivity index (χ1n) is 5.82. The second kappa shape index (κ2) is 9.48. The summed E-state index contributed by atoms with van der Waals surface area (Å²) in [5, 5.41) is 0. The summed E-state index contributed by atoms with van der Waals surface area (Å²) < 4.78 is 27.6. The molecule has 0 aliphatic carbocycles. The van der Waals surface area contributed by atoms with Crippen LogP contribution in [-0.4, -0.2) is 64.9 Å². The van der Waals surface area contributed by atoms with E-state index in [4.69, 9.17) is 22.1 Å². The largest absolute Gasteiger partial charge is 0.500 e. The van der Waals surface area contributed by atoms with E-state index in [0.29, 0.717) is 0 Å². The van der Waals surface area contributed by atoms with Crippen molar-refractivity contribution in [3.05, 3.63) is 0 Å². The van der Waals surface area contributed by atoms with Crippen molar-refractivity contribution in [3.8, 4) is 0 Å². The zero-order valence-corrected chi connectivity index (χ0v) is 15.1. The summed E-state index contributed by atoms with van der Waals surface area (Å²) in [5.74, 6) is 1.04. The topological polar surface area (TPSA) is 46.2 Å². The van der Waals surface area contributed by atoms with Crippen molar-refractivity contribution in [2.45, 2.75) is 18.1 Å². The smallest absolute Gasteiger partial charge is 0.398 e. The molecule has 0 saturated carbocycles. The van der Waals surface area contributed by atoms with Gasteiger partial charge in [-0.3, -0.25) is 0 Å². The van der Waals surface area contributed by atoms with Crippen LogP contribution in [0.3, 0.4) is 0 Å². The highest BCUT2D eigenvalue weighted by atomic mass is 32.2. The van der Waals surface area contributed by atoms with Crippen LogP contribution >= 0.6 is 11.8 Å². The van der Waals surface area contributed by atoms with Crippen molar-refractivity contribution in [3.63, 3.8) is 0 Å². The Kier molecular flexibility index (Phi) is 9.79. The van der Waals surface area contributed by atoms with Gasteiger partial charge in [0.1, 0.15) is 0 Å². The molecule has 0 aliphatic heterocycles. The Labute approximate surface area is 117 Å². The Morgan fingerprint density at radius 3 is 1.56 bits per heavy atom. The van der Waals surface area contributed by atoms with Crippen LogP contribution in [0.1, 0.15) is 0 Å². The van der Waals surface area contributed by atoms with Crippen LogP contribution in [0.25, 0.3) is 0 Å². The normalized spacial score (nSPS) is 13.0. The number of hydrogen-bond donors (Lipinski definition) is 0. The van der Waals surface area contributed by atoms with Crippen molar-refractivity contribution in [2.75, 3.05) is 47.6 Å². The molecule has 0 radical (unpaired) electrons. The SMILES string of the molecule is CO[Si](CCSC)(CC[Si](OC)(OC)OC)OC. The monoisotopic (exact) mass is 314 g/mol. The molecule has 0 aromatic carbocycles. The average Bonchev–Trinajstić information content (AvgIpc) is 2.44. The summed E-state index contributed by atoms with van der Waals surface area (Å²) in [6.45, 7) is 0. The molecule has 0 heterocycles. The third kappa shape index (κ3) is 5.29. The van der Waals surface area contributed by atoms with Gasteiger partial charge in [-0.1, -0.05) is 0 Å². The third-order valence-electron chi connectivity index (χ3n) is 3.18. The van der Waals surface area contributed by atoms with E-state index in [0.717, 1.165) is 23.9 Å². The molecule has 0 aromatic heterocycles. The summed E-state index contributed by atoms with van der Waals surface area (Å²) in [6, 6.07) is 2.50. The average molecular weight is 315 g/mol. The summed E-state index contributed by atoms with van der Waals surface area (Å²) in [4.78, 5) is 0. The van der Waals surface area contributed by atoms with Crippen LogP contribution in [0, 0.1) is 0 Å². The molecule has 0 fully saturated rings. The van der Waals surface area contributed by atoms with Crippen LogP contribution in [0.2, 0.25) is 18.1 Å². The Morgan fingerprint density at radius 1 is 0.722 bits per heavy atom. The van der Waals surface area contributed by atoms with Crippen LogP contribution < -0.4 is 0 Å². The summed E-state index contributed by atoms with van der Waals surface area (Å²) in [7, 11) is 3.66. The number of rotatable bonds is 11. The van der Waals surface area contributed by atoms with E-state index in [-0.39, 0.29) is 0 Å². The second-order valence-corrected chi connectivity index (χ2v) is 11.6. The fourth-order valence-corrected chi connectivity index (χ4v) is 8.93. The predicted octanol–water partition coefficient (Wildman–Crippen LogP) is 1.96. The first-order chi connectivity index (χ1) is 8.57. The molecule has 0 atom stereocenters. The predicted molar refractivity (Wildman–Crippen MR) is 79.4 cm³/mol. The molecule has 0 aromatic rings. The van der Waals surface area contributed by atoms with Gasteiger partial charge in [0.15, 0.2) is 0 Å². The fraction of sp³-hybridized carbons (Fsp3) is 1.00. The minimum Gasteiger partial charge on any atom is -0.398 e. The van der Waals surface area contributed by atoms with Crippen LogP contribution in [0.4, 0.5) is 0 Å². The lowest BCUT2D eigenvalue weighted by Gasteiger charge is -2.31. The van der Waals surface area contributed by atoms with E-state index in [1.165, 1.54) is 0 Å². The Bertz CT molecular complexity index is 204. The highest BCUT2D eigenvalue weighted by Crippen LogP contribution is 2.26. The van der Waals surface area contributed by atoms with Crippen molar-refractivity contribution in [1.82, 2.24) is 0 Å². The fourth-order valence-electron chi connectivity index (χ4n) is 1.77. The molecule has 5 nitrogen and oxygen atoms in total.